The maximum Gasteiger partial charge on any atom is 0.290 e. The minimum absolute atomic E-state index is 0.0145. The molecule has 1 aliphatic heterocycles. The molecule has 0 radical (unpaired) electrons. The van der Waals surface area contributed by atoms with Gasteiger partial charge in [0.1, 0.15) is 0 Å². The van der Waals surface area contributed by atoms with Gasteiger partial charge in [-0.2, -0.15) is 0 Å². The second kappa shape index (κ2) is 4.04. The van der Waals surface area contributed by atoms with Gasteiger partial charge in [-0.25, -0.2) is 0 Å². The van der Waals surface area contributed by atoms with Gasteiger partial charge in [-0.05, 0) is 42.5 Å². The maximum absolute atomic E-state index is 12.2. The Balaban J connectivity index is 1.89. The molecular weight excluding hydrogens is 234 g/mol. The Hall–Kier alpha value is -1.55. The lowest BCUT2D eigenvalue weighted by Crippen LogP contribution is -2.38. The van der Waals surface area contributed by atoms with Gasteiger partial charge in [0.05, 0.1) is 12.3 Å². The van der Waals surface area contributed by atoms with E-state index in [2.05, 4.69) is 18.4 Å². The fraction of sp³-hybridized carbons (Fsp3) is 0.308. The third kappa shape index (κ3) is 1.69. The van der Waals surface area contributed by atoms with Crippen LogP contribution in [0.2, 0.25) is 0 Å². The lowest BCUT2D eigenvalue weighted by molar-refractivity contribution is 0.0646. The van der Waals surface area contributed by atoms with Gasteiger partial charge in [-0.1, -0.05) is 0 Å². The predicted molar refractivity (Wildman–Crippen MR) is 66.2 cm³/mol. The molecule has 2 aromatic heterocycles. The number of amides is 1. The monoisotopic (exact) mass is 247 g/mol. The Bertz CT molecular complexity index is 529. The number of thiophene rings is 1. The zero-order valence-corrected chi connectivity index (χ0v) is 10.4. The highest BCUT2D eigenvalue weighted by Gasteiger charge is 2.29. The quantitative estimate of drug-likeness (QED) is 0.776. The molecular formula is C13H13NO2S. The van der Waals surface area contributed by atoms with Gasteiger partial charge in [0.25, 0.3) is 5.91 Å². The van der Waals surface area contributed by atoms with Crippen LogP contribution in [0.15, 0.2) is 34.3 Å². The number of carbonyl (C=O) groups is 1. The molecule has 0 N–H and O–H groups in total. The van der Waals surface area contributed by atoms with Crippen molar-refractivity contribution in [1.82, 2.24) is 4.90 Å². The number of hydrogen-bond donors (Lipinski definition) is 0. The Morgan fingerprint density at radius 1 is 1.53 bits per heavy atom. The molecule has 3 heterocycles. The lowest BCUT2D eigenvalue weighted by Gasteiger charge is -2.32. The van der Waals surface area contributed by atoms with Gasteiger partial charge in [-0.3, -0.25) is 4.79 Å². The first-order chi connectivity index (χ1) is 8.27. The summed E-state index contributed by atoms with van der Waals surface area (Å²) in [6.45, 7) is 2.85. The second-order valence-electron chi connectivity index (χ2n) is 4.20. The third-order valence-electron chi connectivity index (χ3n) is 3.27. The van der Waals surface area contributed by atoms with Crippen LogP contribution in [-0.4, -0.2) is 17.4 Å². The van der Waals surface area contributed by atoms with E-state index in [1.807, 2.05) is 4.90 Å². The minimum atomic E-state index is -0.0145. The van der Waals surface area contributed by atoms with E-state index in [1.54, 1.807) is 23.5 Å². The van der Waals surface area contributed by atoms with Crippen molar-refractivity contribution in [1.29, 1.82) is 0 Å². The molecule has 0 spiro atoms. The summed E-state index contributed by atoms with van der Waals surface area (Å²) in [4.78, 5) is 15.5. The Labute approximate surface area is 104 Å². The average molecular weight is 247 g/mol. The highest BCUT2D eigenvalue weighted by Crippen LogP contribution is 2.33. The Morgan fingerprint density at radius 2 is 2.41 bits per heavy atom. The molecule has 17 heavy (non-hydrogen) atoms. The normalized spacial score (nSPS) is 19.1. The van der Waals surface area contributed by atoms with Crippen LogP contribution in [0.25, 0.3) is 0 Å². The zero-order valence-electron chi connectivity index (χ0n) is 9.55. The number of rotatable bonds is 1. The molecule has 1 aliphatic rings. The van der Waals surface area contributed by atoms with Crippen molar-refractivity contribution in [3.05, 3.63) is 46.0 Å². The molecule has 2 aromatic rings. The summed E-state index contributed by atoms with van der Waals surface area (Å²) in [6, 6.07) is 5.73. The predicted octanol–water partition coefficient (Wildman–Crippen LogP) is 3.10. The number of fused-ring (bicyclic) bond motifs is 1. The van der Waals surface area contributed by atoms with E-state index >= 15 is 0 Å². The summed E-state index contributed by atoms with van der Waals surface area (Å²) in [5, 5.41) is 2.10. The highest BCUT2D eigenvalue weighted by molar-refractivity contribution is 7.10. The van der Waals surface area contributed by atoms with Crippen LogP contribution in [0.5, 0.6) is 0 Å². The molecule has 3 rings (SSSR count). The van der Waals surface area contributed by atoms with Crippen LogP contribution < -0.4 is 0 Å². The number of carbonyl (C=O) groups excluding carboxylic acids is 1. The smallest absolute Gasteiger partial charge is 0.290 e. The minimum Gasteiger partial charge on any atom is -0.459 e. The summed E-state index contributed by atoms with van der Waals surface area (Å²) in [6.07, 6.45) is 2.49. The summed E-state index contributed by atoms with van der Waals surface area (Å²) in [7, 11) is 0. The third-order valence-corrected chi connectivity index (χ3v) is 4.27. The van der Waals surface area contributed by atoms with Crippen molar-refractivity contribution in [3.63, 3.8) is 0 Å². The first-order valence-corrected chi connectivity index (χ1v) is 6.56. The van der Waals surface area contributed by atoms with E-state index in [0.29, 0.717) is 5.76 Å². The van der Waals surface area contributed by atoms with Crippen molar-refractivity contribution in [2.45, 2.75) is 19.4 Å². The van der Waals surface area contributed by atoms with Crippen molar-refractivity contribution < 1.29 is 9.21 Å². The van der Waals surface area contributed by atoms with E-state index in [0.717, 1.165) is 13.0 Å². The Morgan fingerprint density at radius 3 is 3.18 bits per heavy atom. The maximum atomic E-state index is 12.2. The van der Waals surface area contributed by atoms with E-state index in [1.165, 1.54) is 16.7 Å². The van der Waals surface area contributed by atoms with Crippen LogP contribution in [0.4, 0.5) is 0 Å². The molecule has 1 atom stereocenters. The number of nitrogens with zero attached hydrogens (tertiary/aromatic N) is 1. The molecule has 1 amide bonds. The molecule has 3 nitrogen and oxygen atoms in total. The van der Waals surface area contributed by atoms with Gasteiger partial charge in [0, 0.05) is 11.4 Å². The van der Waals surface area contributed by atoms with Gasteiger partial charge >= 0.3 is 0 Å². The van der Waals surface area contributed by atoms with Crippen LogP contribution in [0, 0.1) is 0 Å². The molecule has 0 unspecified atom stereocenters. The van der Waals surface area contributed by atoms with Gasteiger partial charge in [-0.15, -0.1) is 11.3 Å². The topological polar surface area (TPSA) is 33.5 Å². The van der Waals surface area contributed by atoms with Crippen molar-refractivity contribution in [3.8, 4) is 0 Å². The molecule has 0 aliphatic carbocycles. The Kier molecular flexibility index (Phi) is 2.52. The number of furan rings is 1. The molecule has 0 fully saturated rings. The lowest BCUT2D eigenvalue weighted by atomic mass is 10.0. The van der Waals surface area contributed by atoms with Crippen molar-refractivity contribution in [2.75, 3.05) is 6.54 Å². The summed E-state index contributed by atoms with van der Waals surface area (Å²) in [5.41, 5.74) is 1.28. The second-order valence-corrected chi connectivity index (χ2v) is 5.20. The number of hydrogen-bond acceptors (Lipinski definition) is 3. The van der Waals surface area contributed by atoms with E-state index in [4.69, 9.17) is 4.42 Å². The first-order valence-electron chi connectivity index (χ1n) is 5.68. The summed E-state index contributed by atoms with van der Waals surface area (Å²) < 4.78 is 5.18. The summed E-state index contributed by atoms with van der Waals surface area (Å²) in [5.74, 6) is 0.412. The van der Waals surface area contributed by atoms with Gasteiger partial charge < -0.3 is 9.32 Å². The first kappa shape index (κ1) is 10.6. The van der Waals surface area contributed by atoms with Crippen LogP contribution in [-0.2, 0) is 6.42 Å². The highest BCUT2D eigenvalue weighted by atomic mass is 32.1. The SMILES string of the molecule is C[C@@H]1c2ccsc2CCN1C(=O)c1ccco1. The van der Waals surface area contributed by atoms with Crippen LogP contribution >= 0.6 is 11.3 Å². The fourth-order valence-electron chi connectivity index (χ4n) is 2.33. The summed E-state index contributed by atoms with van der Waals surface area (Å²) >= 11 is 1.78. The van der Waals surface area contributed by atoms with Gasteiger partial charge in [0.15, 0.2) is 5.76 Å². The average Bonchev–Trinajstić information content (AvgIpc) is 3.00. The van der Waals surface area contributed by atoms with E-state index in [9.17, 15) is 4.79 Å². The molecule has 88 valence electrons. The van der Waals surface area contributed by atoms with E-state index < -0.39 is 0 Å². The zero-order chi connectivity index (χ0) is 11.8. The van der Waals surface area contributed by atoms with Crippen LogP contribution in [0.3, 0.4) is 0 Å². The van der Waals surface area contributed by atoms with E-state index in [-0.39, 0.29) is 11.9 Å². The van der Waals surface area contributed by atoms with Crippen LogP contribution in [0.1, 0.15) is 34.0 Å². The van der Waals surface area contributed by atoms with Crippen molar-refractivity contribution >= 4 is 17.2 Å². The molecule has 0 saturated heterocycles. The standard InChI is InChI=1S/C13H13NO2S/c1-9-10-5-8-17-12(10)4-6-14(9)13(15)11-3-2-7-16-11/h2-3,5,7-9H,4,6H2,1H3/t9-/m1/s1. The van der Waals surface area contributed by atoms with Crippen molar-refractivity contribution in [2.24, 2.45) is 0 Å². The van der Waals surface area contributed by atoms with Gasteiger partial charge in [0.2, 0.25) is 0 Å². The fourth-order valence-corrected chi connectivity index (χ4v) is 3.29. The molecule has 4 heteroatoms. The molecule has 0 aromatic carbocycles. The molecule has 0 saturated carbocycles. The molecule has 0 bridgehead atoms. The largest absolute Gasteiger partial charge is 0.459 e.